The first kappa shape index (κ1) is 13.3. The highest BCUT2D eigenvalue weighted by atomic mass is 16.2. The van der Waals surface area contributed by atoms with Crippen LogP contribution in [0.2, 0.25) is 0 Å². The summed E-state index contributed by atoms with van der Waals surface area (Å²) in [5, 5.41) is 0. The van der Waals surface area contributed by atoms with E-state index in [-0.39, 0.29) is 5.41 Å². The molecular formula is C14H25NO. The summed E-state index contributed by atoms with van der Waals surface area (Å²) < 4.78 is 0. The maximum atomic E-state index is 12.0. The second-order valence-electron chi connectivity index (χ2n) is 6.07. The predicted molar refractivity (Wildman–Crippen MR) is 68.2 cm³/mol. The normalized spacial score (nSPS) is 21.2. The van der Waals surface area contributed by atoms with Gasteiger partial charge in [0.2, 0.25) is 5.91 Å². The summed E-state index contributed by atoms with van der Waals surface area (Å²) in [6, 6.07) is 0. The van der Waals surface area contributed by atoms with Gasteiger partial charge in [0.1, 0.15) is 0 Å². The molecule has 0 spiro atoms. The van der Waals surface area contributed by atoms with E-state index in [2.05, 4.69) is 34.3 Å². The molecule has 1 amide bonds. The molecule has 0 bridgehead atoms. The van der Waals surface area contributed by atoms with Crippen molar-refractivity contribution >= 4 is 5.91 Å². The van der Waals surface area contributed by atoms with Crippen LogP contribution in [0.5, 0.6) is 0 Å². The van der Waals surface area contributed by atoms with Gasteiger partial charge in [-0.2, -0.15) is 0 Å². The van der Waals surface area contributed by atoms with E-state index in [1.54, 1.807) is 0 Å². The smallest absolute Gasteiger partial charge is 0.223 e. The Bertz CT molecular complexity index is 275. The van der Waals surface area contributed by atoms with Gasteiger partial charge in [-0.3, -0.25) is 4.79 Å². The number of likely N-dealkylation sites (tertiary alicyclic amines) is 1. The minimum Gasteiger partial charge on any atom is -0.342 e. The predicted octanol–water partition coefficient (Wildman–Crippen LogP) is 3.24. The maximum absolute atomic E-state index is 12.0. The Morgan fingerprint density at radius 1 is 1.44 bits per heavy atom. The lowest BCUT2D eigenvalue weighted by atomic mass is 9.91. The lowest BCUT2D eigenvalue weighted by Crippen LogP contribution is -2.31. The van der Waals surface area contributed by atoms with Gasteiger partial charge in [-0.1, -0.05) is 39.8 Å². The highest BCUT2D eigenvalue weighted by molar-refractivity contribution is 5.77. The number of amides is 1. The molecule has 1 fully saturated rings. The Morgan fingerprint density at radius 3 is 2.56 bits per heavy atom. The lowest BCUT2D eigenvalue weighted by Gasteiger charge is -2.23. The van der Waals surface area contributed by atoms with E-state index in [1.165, 1.54) is 5.57 Å². The van der Waals surface area contributed by atoms with E-state index in [0.717, 1.165) is 25.9 Å². The molecule has 2 heteroatoms. The Labute approximate surface area is 99.7 Å². The molecule has 0 aromatic rings. The second kappa shape index (κ2) is 5.03. The van der Waals surface area contributed by atoms with Gasteiger partial charge in [-0.05, 0) is 24.2 Å². The monoisotopic (exact) mass is 223 g/mol. The highest BCUT2D eigenvalue weighted by Crippen LogP contribution is 2.27. The van der Waals surface area contributed by atoms with E-state index >= 15 is 0 Å². The quantitative estimate of drug-likeness (QED) is 0.673. The first-order valence-corrected chi connectivity index (χ1v) is 6.29. The Kier molecular flexibility index (Phi) is 4.17. The van der Waals surface area contributed by atoms with Crippen LogP contribution in [0.3, 0.4) is 0 Å². The van der Waals surface area contributed by atoms with E-state index in [4.69, 9.17) is 0 Å². The van der Waals surface area contributed by atoms with Gasteiger partial charge >= 0.3 is 0 Å². The third-order valence-electron chi connectivity index (χ3n) is 3.25. The summed E-state index contributed by atoms with van der Waals surface area (Å²) in [7, 11) is 0. The van der Waals surface area contributed by atoms with Gasteiger partial charge < -0.3 is 4.90 Å². The van der Waals surface area contributed by atoms with Crippen molar-refractivity contribution in [1.82, 2.24) is 4.90 Å². The molecule has 0 N–H and O–H groups in total. The number of rotatable bonds is 3. The average Bonchev–Trinajstić information content (AvgIpc) is 2.62. The average molecular weight is 223 g/mol. The molecule has 16 heavy (non-hydrogen) atoms. The molecule has 2 nitrogen and oxygen atoms in total. The highest BCUT2D eigenvalue weighted by Gasteiger charge is 2.29. The molecule has 0 aromatic carbocycles. The van der Waals surface area contributed by atoms with Gasteiger partial charge in [0.05, 0.1) is 0 Å². The van der Waals surface area contributed by atoms with E-state index in [1.807, 2.05) is 4.90 Å². The van der Waals surface area contributed by atoms with Crippen LogP contribution < -0.4 is 0 Å². The van der Waals surface area contributed by atoms with Crippen LogP contribution in [-0.2, 0) is 4.79 Å². The third-order valence-corrected chi connectivity index (χ3v) is 3.25. The van der Waals surface area contributed by atoms with Gasteiger partial charge in [0.15, 0.2) is 0 Å². The van der Waals surface area contributed by atoms with Crippen LogP contribution >= 0.6 is 0 Å². The standard InChI is InChI=1S/C14H25NO/c1-6-11(2)12-7-8-15(10-12)13(16)9-14(3,4)5/h12H,2,6-10H2,1,3-5H3. The maximum Gasteiger partial charge on any atom is 0.223 e. The van der Waals surface area contributed by atoms with Crippen LogP contribution in [0.1, 0.15) is 47.0 Å². The van der Waals surface area contributed by atoms with E-state index in [9.17, 15) is 4.79 Å². The zero-order valence-electron chi connectivity index (χ0n) is 11.2. The molecular weight excluding hydrogens is 198 g/mol. The summed E-state index contributed by atoms with van der Waals surface area (Å²) in [4.78, 5) is 14.0. The van der Waals surface area contributed by atoms with Crippen molar-refractivity contribution in [3.8, 4) is 0 Å². The van der Waals surface area contributed by atoms with Crippen LogP contribution in [0.25, 0.3) is 0 Å². The van der Waals surface area contributed by atoms with Crippen molar-refractivity contribution in [1.29, 1.82) is 0 Å². The van der Waals surface area contributed by atoms with Crippen molar-refractivity contribution in [2.75, 3.05) is 13.1 Å². The summed E-state index contributed by atoms with van der Waals surface area (Å²) in [6.07, 6.45) is 2.78. The number of carbonyl (C=O) groups excluding carboxylic acids is 1. The van der Waals surface area contributed by atoms with Crippen LogP contribution in [0.15, 0.2) is 12.2 Å². The molecule has 0 aromatic heterocycles. The van der Waals surface area contributed by atoms with E-state index in [0.29, 0.717) is 18.2 Å². The number of nitrogens with zero attached hydrogens (tertiary/aromatic N) is 1. The molecule has 0 radical (unpaired) electrons. The minimum atomic E-state index is 0.0942. The fourth-order valence-electron chi connectivity index (χ4n) is 2.17. The topological polar surface area (TPSA) is 20.3 Å². The summed E-state index contributed by atoms with van der Waals surface area (Å²) in [5.41, 5.74) is 1.39. The summed E-state index contributed by atoms with van der Waals surface area (Å²) in [6.45, 7) is 14.4. The van der Waals surface area contributed by atoms with Gasteiger partial charge in [-0.25, -0.2) is 0 Å². The van der Waals surface area contributed by atoms with Crippen molar-refractivity contribution in [3.63, 3.8) is 0 Å². The molecule has 1 unspecified atom stereocenters. The van der Waals surface area contributed by atoms with Crippen molar-refractivity contribution in [2.24, 2.45) is 11.3 Å². The van der Waals surface area contributed by atoms with Crippen LogP contribution in [0, 0.1) is 11.3 Å². The molecule has 0 saturated carbocycles. The fraction of sp³-hybridized carbons (Fsp3) is 0.786. The van der Waals surface area contributed by atoms with Crippen LogP contribution in [0.4, 0.5) is 0 Å². The summed E-state index contributed by atoms with van der Waals surface area (Å²) in [5.74, 6) is 0.841. The first-order chi connectivity index (χ1) is 7.33. The fourth-order valence-corrected chi connectivity index (χ4v) is 2.17. The molecule has 1 heterocycles. The largest absolute Gasteiger partial charge is 0.342 e. The first-order valence-electron chi connectivity index (χ1n) is 6.29. The number of hydrogen-bond donors (Lipinski definition) is 0. The number of carbonyl (C=O) groups is 1. The van der Waals surface area contributed by atoms with Gasteiger partial charge in [0, 0.05) is 19.5 Å². The Morgan fingerprint density at radius 2 is 2.06 bits per heavy atom. The molecule has 92 valence electrons. The molecule has 1 aliphatic rings. The second-order valence-corrected chi connectivity index (χ2v) is 6.07. The van der Waals surface area contributed by atoms with Crippen molar-refractivity contribution in [3.05, 3.63) is 12.2 Å². The van der Waals surface area contributed by atoms with Crippen molar-refractivity contribution in [2.45, 2.75) is 47.0 Å². The molecule has 1 aliphatic heterocycles. The lowest BCUT2D eigenvalue weighted by molar-refractivity contribution is -0.132. The Hall–Kier alpha value is -0.790. The minimum absolute atomic E-state index is 0.0942. The molecule has 0 aliphatic carbocycles. The van der Waals surface area contributed by atoms with Crippen LogP contribution in [-0.4, -0.2) is 23.9 Å². The molecule has 1 saturated heterocycles. The molecule has 1 rings (SSSR count). The van der Waals surface area contributed by atoms with Gasteiger partial charge in [0.25, 0.3) is 0 Å². The third kappa shape index (κ3) is 3.66. The summed E-state index contributed by atoms with van der Waals surface area (Å²) >= 11 is 0. The SMILES string of the molecule is C=C(CC)C1CCN(C(=O)CC(C)(C)C)C1. The van der Waals surface area contributed by atoms with Crippen molar-refractivity contribution < 1.29 is 4.79 Å². The molecule has 1 atom stereocenters. The number of hydrogen-bond acceptors (Lipinski definition) is 1. The van der Waals surface area contributed by atoms with Gasteiger partial charge in [-0.15, -0.1) is 0 Å². The Balaban J connectivity index is 2.47. The van der Waals surface area contributed by atoms with E-state index < -0.39 is 0 Å². The zero-order chi connectivity index (χ0) is 12.3. The zero-order valence-corrected chi connectivity index (χ0v) is 11.2.